The third-order valence-corrected chi connectivity index (χ3v) is 19.1. The summed E-state index contributed by atoms with van der Waals surface area (Å²) in [6, 6.07) is 50.2. The minimum Gasteiger partial charge on any atom is -0.466 e. The Morgan fingerprint density at radius 2 is 1.56 bits per heavy atom. The molecule has 4 bridgehead atoms. The number of unbranched alkanes of at least 4 members (excludes halogenated alkanes) is 1. The molecule has 70 heavy (non-hydrogen) atoms. The van der Waals surface area contributed by atoms with Gasteiger partial charge in [-0.05, 0) is 192 Å². The lowest BCUT2D eigenvalue weighted by Crippen LogP contribution is -2.56. The molecule has 0 amide bonds. The largest absolute Gasteiger partial charge is 0.466 e. The number of fused-ring (bicyclic) bond motifs is 15. The van der Waals surface area contributed by atoms with Crippen molar-refractivity contribution in [3.8, 4) is 22.3 Å². The molecule has 3 saturated carbocycles. The van der Waals surface area contributed by atoms with Crippen LogP contribution in [0, 0.1) is 24.7 Å². The van der Waals surface area contributed by atoms with E-state index in [-0.39, 0.29) is 17.7 Å². The number of rotatable bonds is 8. The van der Waals surface area contributed by atoms with E-state index in [1.807, 2.05) is 0 Å². The van der Waals surface area contributed by atoms with Gasteiger partial charge in [-0.3, -0.25) is 0 Å². The van der Waals surface area contributed by atoms with E-state index in [0.29, 0.717) is 5.92 Å². The molecule has 4 atom stereocenters. The van der Waals surface area contributed by atoms with Gasteiger partial charge in [0.2, 0.25) is 0 Å². The van der Waals surface area contributed by atoms with Crippen molar-refractivity contribution in [3.63, 3.8) is 0 Å². The predicted octanol–water partition coefficient (Wildman–Crippen LogP) is 16.7. The van der Waals surface area contributed by atoms with Crippen LogP contribution in [0.3, 0.4) is 0 Å². The number of nitrogens with zero attached hydrogens (tertiary/aromatic N) is 2. The Hall–Kier alpha value is -6.26. The molecule has 2 aliphatic heterocycles. The first kappa shape index (κ1) is 41.5. The summed E-state index contributed by atoms with van der Waals surface area (Å²) in [4.78, 5) is 2.65. The quantitative estimate of drug-likeness (QED) is 0.112. The highest BCUT2D eigenvalue weighted by atomic mass is 16.3. The van der Waals surface area contributed by atoms with Gasteiger partial charge in [-0.25, -0.2) is 0 Å². The van der Waals surface area contributed by atoms with Crippen molar-refractivity contribution in [1.29, 1.82) is 0 Å². The molecule has 2 aromatic heterocycles. The van der Waals surface area contributed by atoms with E-state index in [1.54, 1.807) is 16.7 Å². The van der Waals surface area contributed by atoms with Crippen molar-refractivity contribution >= 4 is 78.6 Å². The molecule has 9 aromatic rings. The van der Waals surface area contributed by atoms with Gasteiger partial charge >= 0.3 is 6.85 Å². The van der Waals surface area contributed by atoms with Gasteiger partial charge in [0.25, 0.3) is 0 Å². The van der Waals surface area contributed by atoms with E-state index < -0.39 is 0 Å². The molecule has 4 heteroatoms. The molecule has 3 fully saturated rings. The van der Waals surface area contributed by atoms with Gasteiger partial charge < -0.3 is 13.8 Å². The van der Waals surface area contributed by atoms with E-state index in [4.69, 9.17) is 4.42 Å². The molecule has 15 rings (SSSR count). The highest BCUT2D eigenvalue weighted by Crippen LogP contribution is 2.58. The second-order valence-corrected chi connectivity index (χ2v) is 23.4. The first-order valence-electron chi connectivity index (χ1n) is 27.2. The van der Waals surface area contributed by atoms with Gasteiger partial charge in [-0.15, -0.1) is 0 Å². The smallest absolute Gasteiger partial charge is 0.375 e. The van der Waals surface area contributed by atoms with Crippen LogP contribution in [0.4, 0.5) is 17.1 Å². The molecule has 6 aliphatic rings. The minimum atomic E-state index is -0.158. The Bertz CT molecular complexity index is 3690. The van der Waals surface area contributed by atoms with Gasteiger partial charge in [-0.2, -0.15) is 0 Å². The molecule has 7 aromatic carbocycles. The maximum absolute atomic E-state index is 7.60. The number of hydrogen-bond donors (Lipinski definition) is 0. The zero-order valence-electron chi connectivity index (χ0n) is 41.5. The molecule has 0 radical (unpaired) electrons. The summed E-state index contributed by atoms with van der Waals surface area (Å²) in [6.07, 6.45) is 19.0. The SMILES string of the molecule is CCCCc1ccc(N2c3cc(C)cc4c3B(c3oc5ccc6ccccc6c5c32)n2c3ccc(C56CC=C(CC(C)C5)C6)cc3c3cc(C5(CC)CC6CCC(C6)C5)cc-4c32)c(-c2ccccc2)c1. The number of anilines is 3. The highest BCUT2D eigenvalue weighted by molar-refractivity contribution is 6.89. The Morgan fingerprint density at radius 3 is 2.40 bits per heavy atom. The first-order valence-corrected chi connectivity index (χ1v) is 27.2. The van der Waals surface area contributed by atoms with Crippen molar-refractivity contribution in [2.45, 2.75) is 122 Å². The number of aromatic nitrogens is 1. The molecule has 0 saturated heterocycles. The molecule has 3 nitrogen and oxygen atoms in total. The Labute approximate surface area is 413 Å². The third-order valence-electron chi connectivity index (χ3n) is 19.1. The lowest BCUT2D eigenvalue weighted by Gasteiger charge is -2.42. The van der Waals surface area contributed by atoms with E-state index in [2.05, 4.69) is 171 Å². The van der Waals surface area contributed by atoms with Crippen molar-refractivity contribution in [2.75, 3.05) is 4.90 Å². The lowest BCUT2D eigenvalue weighted by molar-refractivity contribution is 0.207. The normalized spacial score (nSPS) is 24.0. The zero-order chi connectivity index (χ0) is 46.6. The van der Waals surface area contributed by atoms with Crippen molar-refractivity contribution in [1.82, 2.24) is 4.48 Å². The van der Waals surface area contributed by atoms with E-state index in [1.165, 1.54) is 171 Å². The predicted molar refractivity (Wildman–Crippen MR) is 295 cm³/mol. The van der Waals surface area contributed by atoms with E-state index in [0.717, 1.165) is 29.5 Å². The van der Waals surface area contributed by atoms with Crippen LogP contribution in [0.25, 0.3) is 65.8 Å². The van der Waals surface area contributed by atoms with Crippen molar-refractivity contribution < 1.29 is 4.42 Å². The zero-order valence-corrected chi connectivity index (χ0v) is 41.5. The molecular formula is C66H63BN2O. The summed E-state index contributed by atoms with van der Waals surface area (Å²) >= 11 is 0. The van der Waals surface area contributed by atoms with Crippen LogP contribution in [0.2, 0.25) is 0 Å². The number of hydrogen-bond acceptors (Lipinski definition) is 2. The van der Waals surface area contributed by atoms with Gasteiger partial charge in [0, 0.05) is 44.0 Å². The monoisotopic (exact) mass is 911 g/mol. The molecule has 4 unspecified atom stereocenters. The van der Waals surface area contributed by atoms with Crippen LogP contribution in [-0.2, 0) is 17.3 Å². The fraction of sp³-hybridized carbons (Fsp3) is 0.333. The average Bonchev–Trinajstić information content (AvgIpc) is 4.14. The third kappa shape index (κ3) is 5.83. The van der Waals surface area contributed by atoms with Crippen LogP contribution in [0.15, 0.2) is 143 Å². The van der Waals surface area contributed by atoms with Gasteiger partial charge in [-0.1, -0.05) is 131 Å². The second kappa shape index (κ2) is 15.1. The highest BCUT2D eigenvalue weighted by Gasteiger charge is 2.50. The van der Waals surface area contributed by atoms with Crippen LogP contribution in [-0.4, -0.2) is 11.3 Å². The Balaban J connectivity index is 1.06. The van der Waals surface area contributed by atoms with Crippen LogP contribution in [0.5, 0.6) is 0 Å². The molecular weight excluding hydrogens is 848 g/mol. The summed E-state index contributed by atoms with van der Waals surface area (Å²) in [5, 5.41) is 6.52. The fourth-order valence-corrected chi connectivity index (χ4v) is 16.2. The topological polar surface area (TPSA) is 21.3 Å². The molecule has 0 N–H and O–H groups in total. The summed E-state index contributed by atoms with van der Waals surface area (Å²) < 4.78 is 10.4. The minimum absolute atomic E-state index is 0.158. The average molecular weight is 911 g/mol. The molecule has 4 aliphatic carbocycles. The standard InChI is InChI=1S/C66H63BN2O/c1-5-7-13-42-20-23-56(51(32-42)46-14-9-8-10-15-46)68-58-30-40(3)29-53-55-35-49(65(6-2)37-43-18-19-44(31-43)38-65)34-54-52-33-48(66-27-26-45(39-66)28-41(4)36-66)22-24-57(52)69(62(54)55)67(61(53)58)64-63(68)60-50-17-12-11-16-47(50)21-25-59(60)70-64/h8-12,14-17,20-26,29-30,32-35,41,43-44H,5-7,13,18-19,27-28,31,36-39H2,1-4H3. The number of benzene rings is 7. The summed E-state index contributed by atoms with van der Waals surface area (Å²) in [5.74, 6) is 2.40. The Kier molecular flexibility index (Phi) is 8.97. The number of allylic oxidation sites excluding steroid dienone is 2. The van der Waals surface area contributed by atoms with Crippen LogP contribution < -0.4 is 16.0 Å². The summed E-state index contributed by atoms with van der Waals surface area (Å²) in [6.45, 7) is 9.47. The van der Waals surface area contributed by atoms with Crippen LogP contribution in [0.1, 0.15) is 120 Å². The lowest BCUT2D eigenvalue weighted by atomic mass is 9.47. The number of furan rings is 1. The summed E-state index contributed by atoms with van der Waals surface area (Å²) in [7, 11) is 0. The maximum atomic E-state index is 7.60. The Morgan fingerprint density at radius 1 is 0.729 bits per heavy atom. The number of aryl methyl sites for hydroxylation is 2. The van der Waals surface area contributed by atoms with E-state index in [9.17, 15) is 0 Å². The van der Waals surface area contributed by atoms with E-state index >= 15 is 0 Å². The molecule has 0 spiro atoms. The second-order valence-electron chi connectivity index (χ2n) is 23.4. The van der Waals surface area contributed by atoms with Gasteiger partial charge in [0.05, 0.1) is 16.8 Å². The van der Waals surface area contributed by atoms with Crippen molar-refractivity contribution in [3.05, 3.63) is 161 Å². The van der Waals surface area contributed by atoms with Gasteiger partial charge in [0.1, 0.15) is 11.2 Å². The first-order chi connectivity index (χ1) is 34.3. The molecule has 346 valence electrons. The van der Waals surface area contributed by atoms with Crippen molar-refractivity contribution in [2.24, 2.45) is 17.8 Å². The summed E-state index contributed by atoms with van der Waals surface area (Å²) in [5.41, 5.74) is 22.9. The van der Waals surface area contributed by atoms with Crippen LogP contribution >= 0.6 is 0 Å². The van der Waals surface area contributed by atoms with Gasteiger partial charge in [0.15, 0.2) is 0 Å². The molecule has 4 heterocycles. The fourth-order valence-electron chi connectivity index (χ4n) is 16.2. The maximum Gasteiger partial charge on any atom is 0.375 e.